The summed E-state index contributed by atoms with van der Waals surface area (Å²) in [5, 5.41) is 11.5. The van der Waals surface area contributed by atoms with Crippen LogP contribution in [-0.2, 0) is 9.59 Å². The molecular formula is C10H15NO3. The zero-order valence-electron chi connectivity index (χ0n) is 8.30. The summed E-state index contributed by atoms with van der Waals surface area (Å²) >= 11 is 0. The molecule has 1 saturated carbocycles. The largest absolute Gasteiger partial charge is 0.480 e. The summed E-state index contributed by atoms with van der Waals surface area (Å²) in [6.07, 6.45) is 1.71. The van der Waals surface area contributed by atoms with E-state index < -0.39 is 11.4 Å². The number of carbonyl (C=O) groups is 2. The second-order valence-corrected chi connectivity index (χ2v) is 3.88. The van der Waals surface area contributed by atoms with Crippen LogP contribution in [0, 0.1) is 5.41 Å². The van der Waals surface area contributed by atoms with Crippen LogP contribution in [0.4, 0.5) is 0 Å². The molecule has 1 fully saturated rings. The fourth-order valence-corrected chi connectivity index (χ4v) is 1.47. The predicted molar refractivity (Wildman–Crippen MR) is 51.7 cm³/mol. The Morgan fingerprint density at radius 3 is 2.36 bits per heavy atom. The second kappa shape index (κ2) is 3.82. The number of carboxylic acids is 1. The maximum Gasteiger partial charge on any atom is 0.319 e. The minimum absolute atomic E-state index is 0.355. The molecule has 2 N–H and O–H groups in total. The number of carboxylic acid groups (broad SMARTS) is 1. The van der Waals surface area contributed by atoms with Gasteiger partial charge in [-0.1, -0.05) is 18.6 Å². The van der Waals surface area contributed by atoms with Crippen molar-refractivity contribution < 1.29 is 14.7 Å². The van der Waals surface area contributed by atoms with Gasteiger partial charge in [0.25, 0.3) is 0 Å². The lowest BCUT2D eigenvalue weighted by atomic mass is 9.68. The van der Waals surface area contributed by atoms with E-state index in [4.69, 9.17) is 5.11 Å². The van der Waals surface area contributed by atoms with Gasteiger partial charge in [-0.3, -0.25) is 9.59 Å². The van der Waals surface area contributed by atoms with E-state index in [1.54, 1.807) is 6.92 Å². The standard InChI is InChI=1S/C10H15NO3/c1-7(2)6-11-8(12)10(9(13)14)4-3-5-10/h1,3-6H2,2H3,(H,11,12)(H,13,14). The van der Waals surface area contributed by atoms with E-state index in [0.717, 1.165) is 12.0 Å². The fraction of sp³-hybridized carbons (Fsp3) is 0.600. The third-order valence-corrected chi connectivity index (χ3v) is 2.60. The quantitative estimate of drug-likeness (QED) is 0.520. The van der Waals surface area contributed by atoms with Gasteiger partial charge in [-0.2, -0.15) is 0 Å². The number of aliphatic carboxylic acids is 1. The molecule has 0 unspecified atom stereocenters. The zero-order chi connectivity index (χ0) is 10.8. The Balaban J connectivity index is 2.57. The SMILES string of the molecule is C=C(C)CNC(=O)C1(C(=O)O)CCC1. The van der Waals surface area contributed by atoms with Crippen molar-refractivity contribution in [1.29, 1.82) is 0 Å². The second-order valence-electron chi connectivity index (χ2n) is 3.88. The topological polar surface area (TPSA) is 66.4 Å². The number of nitrogens with one attached hydrogen (secondary N) is 1. The van der Waals surface area contributed by atoms with Gasteiger partial charge in [0.15, 0.2) is 0 Å². The third kappa shape index (κ3) is 1.78. The van der Waals surface area contributed by atoms with Gasteiger partial charge in [-0.05, 0) is 19.8 Å². The van der Waals surface area contributed by atoms with Crippen LogP contribution in [0.15, 0.2) is 12.2 Å². The van der Waals surface area contributed by atoms with E-state index in [-0.39, 0.29) is 5.91 Å². The molecule has 1 amide bonds. The molecule has 0 bridgehead atoms. The first-order valence-electron chi connectivity index (χ1n) is 4.65. The lowest BCUT2D eigenvalue weighted by Gasteiger charge is -2.35. The molecule has 0 aliphatic heterocycles. The van der Waals surface area contributed by atoms with Gasteiger partial charge in [0.2, 0.25) is 5.91 Å². The molecule has 0 heterocycles. The van der Waals surface area contributed by atoms with E-state index in [0.29, 0.717) is 19.4 Å². The molecule has 1 rings (SSSR count). The number of hydrogen-bond acceptors (Lipinski definition) is 2. The van der Waals surface area contributed by atoms with Crippen molar-refractivity contribution in [1.82, 2.24) is 5.32 Å². The van der Waals surface area contributed by atoms with Crippen molar-refractivity contribution in [2.75, 3.05) is 6.54 Å². The highest BCUT2D eigenvalue weighted by molar-refractivity contribution is 6.02. The van der Waals surface area contributed by atoms with Gasteiger partial charge < -0.3 is 10.4 Å². The maximum atomic E-state index is 11.6. The minimum Gasteiger partial charge on any atom is -0.480 e. The molecule has 0 atom stereocenters. The monoisotopic (exact) mass is 197 g/mol. The van der Waals surface area contributed by atoms with Crippen LogP contribution in [0.5, 0.6) is 0 Å². The summed E-state index contributed by atoms with van der Waals surface area (Å²) in [6, 6.07) is 0. The van der Waals surface area contributed by atoms with Crippen molar-refractivity contribution in [3.8, 4) is 0 Å². The van der Waals surface area contributed by atoms with Gasteiger partial charge in [0, 0.05) is 6.54 Å². The Morgan fingerprint density at radius 2 is 2.07 bits per heavy atom. The molecule has 0 radical (unpaired) electrons. The summed E-state index contributed by atoms with van der Waals surface area (Å²) in [5.41, 5.74) is -0.340. The van der Waals surface area contributed by atoms with Crippen molar-refractivity contribution in [3.05, 3.63) is 12.2 Å². The fourth-order valence-electron chi connectivity index (χ4n) is 1.47. The van der Waals surface area contributed by atoms with Gasteiger partial charge in [0.05, 0.1) is 0 Å². The highest BCUT2D eigenvalue weighted by Crippen LogP contribution is 2.41. The number of hydrogen-bond donors (Lipinski definition) is 2. The van der Waals surface area contributed by atoms with Gasteiger partial charge in [0.1, 0.15) is 5.41 Å². The average Bonchev–Trinajstić information content (AvgIpc) is 1.97. The normalized spacial score (nSPS) is 18.1. The van der Waals surface area contributed by atoms with Crippen LogP contribution in [0.1, 0.15) is 26.2 Å². The third-order valence-electron chi connectivity index (χ3n) is 2.60. The van der Waals surface area contributed by atoms with Crippen LogP contribution >= 0.6 is 0 Å². The molecule has 4 heteroatoms. The lowest BCUT2D eigenvalue weighted by Crippen LogP contribution is -2.51. The van der Waals surface area contributed by atoms with Crippen LogP contribution in [0.3, 0.4) is 0 Å². The summed E-state index contributed by atoms with van der Waals surface area (Å²) in [5.74, 6) is -1.39. The van der Waals surface area contributed by atoms with Gasteiger partial charge in [-0.25, -0.2) is 0 Å². The Hall–Kier alpha value is -1.32. The Morgan fingerprint density at radius 1 is 1.50 bits per heavy atom. The van der Waals surface area contributed by atoms with E-state index >= 15 is 0 Å². The van der Waals surface area contributed by atoms with Crippen LogP contribution < -0.4 is 5.32 Å². The maximum absolute atomic E-state index is 11.6. The van der Waals surface area contributed by atoms with Crippen molar-refractivity contribution >= 4 is 11.9 Å². The smallest absolute Gasteiger partial charge is 0.319 e. The molecule has 1 aliphatic carbocycles. The van der Waals surface area contributed by atoms with Crippen molar-refractivity contribution in [3.63, 3.8) is 0 Å². The van der Waals surface area contributed by atoms with Crippen LogP contribution in [0.25, 0.3) is 0 Å². The van der Waals surface area contributed by atoms with Crippen LogP contribution in [0.2, 0.25) is 0 Å². The highest BCUT2D eigenvalue weighted by Gasteiger charge is 2.50. The summed E-state index contributed by atoms with van der Waals surface area (Å²) in [6.45, 7) is 5.78. The molecule has 0 saturated heterocycles. The van der Waals surface area contributed by atoms with Gasteiger partial charge in [-0.15, -0.1) is 0 Å². The number of rotatable bonds is 4. The summed E-state index contributed by atoms with van der Waals surface area (Å²) < 4.78 is 0. The van der Waals surface area contributed by atoms with E-state index in [2.05, 4.69) is 11.9 Å². The Kier molecular flexibility index (Phi) is 2.93. The predicted octanol–water partition coefficient (Wildman–Crippen LogP) is 0.934. The summed E-state index contributed by atoms with van der Waals surface area (Å²) in [7, 11) is 0. The Labute approximate surface area is 83.0 Å². The van der Waals surface area contributed by atoms with Crippen molar-refractivity contribution in [2.45, 2.75) is 26.2 Å². The molecule has 4 nitrogen and oxygen atoms in total. The zero-order valence-corrected chi connectivity index (χ0v) is 8.30. The average molecular weight is 197 g/mol. The molecule has 0 aromatic heterocycles. The molecule has 0 spiro atoms. The Bertz CT molecular complexity index is 279. The number of amides is 1. The molecule has 1 aliphatic rings. The molecule has 0 aromatic carbocycles. The first kappa shape index (κ1) is 10.8. The molecule has 78 valence electrons. The molecular weight excluding hydrogens is 182 g/mol. The minimum atomic E-state index is -1.16. The van der Waals surface area contributed by atoms with Crippen LogP contribution in [-0.4, -0.2) is 23.5 Å². The van der Waals surface area contributed by atoms with Crippen molar-refractivity contribution in [2.24, 2.45) is 5.41 Å². The summed E-state index contributed by atoms with van der Waals surface area (Å²) in [4.78, 5) is 22.5. The van der Waals surface area contributed by atoms with E-state index in [1.807, 2.05) is 0 Å². The van der Waals surface area contributed by atoms with E-state index in [9.17, 15) is 9.59 Å². The molecule has 14 heavy (non-hydrogen) atoms. The molecule has 0 aromatic rings. The first-order valence-corrected chi connectivity index (χ1v) is 4.65. The highest BCUT2D eigenvalue weighted by atomic mass is 16.4. The van der Waals surface area contributed by atoms with E-state index in [1.165, 1.54) is 0 Å². The number of carbonyl (C=O) groups excluding carboxylic acids is 1. The van der Waals surface area contributed by atoms with Gasteiger partial charge >= 0.3 is 5.97 Å². The first-order chi connectivity index (χ1) is 6.49. The lowest BCUT2D eigenvalue weighted by molar-refractivity contribution is -0.162.